The van der Waals surface area contributed by atoms with Crippen LogP contribution in [0.3, 0.4) is 0 Å². The molecule has 54 heavy (non-hydrogen) atoms. The Labute approximate surface area is 329 Å². The second kappa shape index (κ2) is 21.6. The van der Waals surface area contributed by atoms with E-state index in [-0.39, 0.29) is 11.9 Å². The van der Waals surface area contributed by atoms with Crippen molar-refractivity contribution in [3.05, 3.63) is 146 Å². The average molecular weight is 778 g/mol. The Balaban J connectivity index is 0.000000181. The van der Waals surface area contributed by atoms with Gasteiger partial charge in [0.05, 0.1) is 32.7 Å². The van der Waals surface area contributed by atoms with Crippen molar-refractivity contribution in [1.82, 2.24) is 0 Å². The second-order valence-corrected chi connectivity index (χ2v) is 14.4. The summed E-state index contributed by atoms with van der Waals surface area (Å²) in [4.78, 5) is 14.9. The number of nitrogen functional groups attached to an aromatic ring is 1. The first-order valence-corrected chi connectivity index (χ1v) is 18.8. The summed E-state index contributed by atoms with van der Waals surface area (Å²) in [5.74, 6) is 2.72. The van der Waals surface area contributed by atoms with E-state index in [1.807, 2.05) is 146 Å². The fraction of sp³-hybridized carbons (Fsp3) is 0.0732. The Bertz CT molecular complexity index is 1950. The van der Waals surface area contributed by atoms with Gasteiger partial charge in [0.25, 0.3) is 0 Å². The number of rotatable bonds is 11. The van der Waals surface area contributed by atoms with Gasteiger partial charge in [0.2, 0.25) is 0 Å². The number of anilines is 1. The molecule has 6 rings (SSSR count). The highest BCUT2D eigenvalue weighted by atomic mass is 32.2. The fourth-order valence-corrected chi connectivity index (χ4v) is 6.80. The molecule has 0 bridgehead atoms. The minimum absolute atomic E-state index is 0.0653. The normalized spacial score (nSPS) is 9.98. The van der Waals surface area contributed by atoms with E-state index < -0.39 is 0 Å². The number of benzene rings is 6. The van der Waals surface area contributed by atoms with E-state index in [1.165, 1.54) is 9.79 Å². The zero-order valence-corrected chi connectivity index (χ0v) is 32.5. The largest absolute Gasteiger partial charge is 0.497 e. The first-order chi connectivity index (χ1) is 26.1. The van der Waals surface area contributed by atoms with Crippen LogP contribution >= 0.6 is 35.3 Å². The zero-order chi connectivity index (χ0) is 38.7. The minimum atomic E-state index is 0.0653. The molecule has 0 heterocycles. The third-order valence-electron chi connectivity index (χ3n) is 6.96. The Kier molecular flexibility index (Phi) is 16.3. The van der Waals surface area contributed by atoms with E-state index in [2.05, 4.69) is 9.98 Å². The van der Waals surface area contributed by atoms with E-state index >= 15 is 0 Å². The summed E-state index contributed by atoms with van der Waals surface area (Å²) in [5, 5.41) is 0. The van der Waals surface area contributed by atoms with Crippen LogP contribution in [0.2, 0.25) is 0 Å². The highest BCUT2D eigenvalue weighted by Crippen LogP contribution is 2.32. The molecule has 6 aromatic carbocycles. The molecule has 0 atom stereocenters. The molecule has 0 saturated heterocycles. The number of ether oxygens (including phenoxy) is 3. The number of nitrogens with two attached hydrogens (primary N) is 5. The Morgan fingerprint density at radius 1 is 0.370 bits per heavy atom. The molecule has 278 valence electrons. The maximum absolute atomic E-state index is 5.63. The van der Waals surface area contributed by atoms with Crippen molar-refractivity contribution >= 4 is 64.3 Å². The van der Waals surface area contributed by atoms with Crippen LogP contribution in [-0.4, -0.2) is 33.2 Å². The summed E-state index contributed by atoms with van der Waals surface area (Å²) in [6, 6.07) is 47.2. The molecular formula is C41H43N7O3S3. The van der Waals surface area contributed by atoms with Crippen LogP contribution in [0.15, 0.2) is 185 Å². The summed E-state index contributed by atoms with van der Waals surface area (Å²) in [5.41, 5.74) is 29.2. The zero-order valence-electron chi connectivity index (χ0n) is 30.1. The predicted molar refractivity (Wildman–Crippen MR) is 226 cm³/mol. The lowest BCUT2D eigenvalue weighted by Gasteiger charge is -2.04. The van der Waals surface area contributed by atoms with E-state index in [0.29, 0.717) is 0 Å². The third kappa shape index (κ3) is 14.6. The lowest BCUT2D eigenvalue weighted by Crippen LogP contribution is -2.21. The summed E-state index contributed by atoms with van der Waals surface area (Å²) in [7, 11) is 4.98. The molecule has 0 aliphatic carbocycles. The first-order valence-electron chi connectivity index (χ1n) is 16.3. The lowest BCUT2D eigenvalue weighted by atomic mass is 10.3. The molecule has 0 aliphatic rings. The Morgan fingerprint density at radius 2 is 0.593 bits per heavy atom. The minimum Gasteiger partial charge on any atom is -0.497 e. The molecule has 10 N–H and O–H groups in total. The van der Waals surface area contributed by atoms with Crippen molar-refractivity contribution in [1.29, 1.82) is 0 Å². The monoisotopic (exact) mass is 777 g/mol. The average Bonchev–Trinajstić information content (AvgIpc) is 3.18. The second-order valence-electron chi connectivity index (χ2n) is 11.0. The van der Waals surface area contributed by atoms with E-state index in [1.54, 1.807) is 56.6 Å². The van der Waals surface area contributed by atoms with Crippen molar-refractivity contribution in [2.24, 2.45) is 32.9 Å². The van der Waals surface area contributed by atoms with Gasteiger partial charge in [-0.2, -0.15) is 0 Å². The topological polar surface area (TPSA) is 183 Å². The summed E-state index contributed by atoms with van der Waals surface area (Å²) in [6.45, 7) is 0. The Hall–Kier alpha value is -5.89. The van der Waals surface area contributed by atoms with E-state index in [9.17, 15) is 0 Å². The molecule has 0 fully saturated rings. The molecule has 0 amide bonds. The first kappa shape index (κ1) is 40.9. The van der Waals surface area contributed by atoms with Crippen molar-refractivity contribution in [3.8, 4) is 17.2 Å². The van der Waals surface area contributed by atoms with Crippen LogP contribution in [0.1, 0.15) is 0 Å². The quantitative estimate of drug-likeness (QED) is 0.0481. The third-order valence-corrected chi connectivity index (χ3v) is 10.0. The highest BCUT2D eigenvalue weighted by molar-refractivity contribution is 7.99. The number of hydrogen-bond acceptors (Lipinski definition) is 9. The van der Waals surface area contributed by atoms with Crippen molar-refractivity contribution in [3.63, 3.8) is 0 Å². The molecule has 10 nitrogen and oxygen atoms in total. The number of hydrogen-bond donors (Lipinski definition) is 5. The van der Waals surface area contributed by atoms with Gasteiger partial charge in [0, 0.05) is 35.1 Å². The van der Waals surface area contributed by atoms with Gasteiger partial charge in [-0.1, -0.05) is 35.3 Å². The van der Waals surface area contributed by atoms with Gasteiger partial charge in [0.1, 0.15) is 17.2 Å². The summed E-state index contributed by atoms with van der Waals surface area (Å²) >= 11 is 5.04. The van der Waals surface area contributed by atoms with Gasteiger partial charge >= 0.3 is 0 Å². The standard InChI is InChI=1S/2C14H15N3OS.C13H13NOS/c2*1-18-11-4-8-13(9-5-11)19-12-6-2-10(3-7-12)17-14(15)16;1-15-11-4-8-13(9-5-11)16-12-6-2-10(14)3-7-12/h2*2-9H,1H3,(H4,15,16,17);2-9H,14H2,1H3. The highest BCUT2D eigenvalue weighted by Gasteiger charge is 2.01. The molecule has 13 heteroatoms. The van der Waals surface area contributed by atoms with Crippen LogP contribution in [0.25, 0.3) is 0 Å². The maximum Gasteiger partial charge on any atom is 0.191 e. The SMILES string of the molecule is COc1ccc(Sc2ccc(N)cc2)cc1.COc1ccc(Sc2ccc(N=C(N)N)cc2)cc1.COc1ccc(Sc2ccc(N=C(N)N)cc2)cc1. The van der Waals surface area contributed by atoms with Gasteiger partial charge in [-0.25, -0.2) is 9.98 Å². The number of nitrogens with zero attached hydrogens (tertiary/aromatic N) is 2. The molecule has 0 unspecified atom stereocenters. The lowest BCUT2D eigenvalue weighted by molar-refractivity contribution is 0.414. The van der Waals surface area contributed by atoms with Crippen molar-refractivity contribution in [2.75, 3.05) is 27.1 Å². The number of guanidine groups is 2. The van der Waals surface area contributed by atoms with Gasteiger partial charge in [0.15, 0.2) is 11.9 Å². The van der Waals surface area contributed by atoms with Crippen LogP contribution in [0, 0.1) is 0 Å². The van der Waals surface area contributed by atoms with Crippen molar-refractivity contribution in [2.45, 2.75) is 29.4 Å². The summed E-state index contributed by atoms with van der Waals surface area (Å²) in [6.07, 6.45) is 0. The van der Waals surface area contributed by atoms with Gasteiger partial charge < -0.3 is 42.9 Å². The molecule has 0 aliphatic heterocycles. The van der Waals surface area contributed by atoms with Crippen LogP contribution in [0.4, 0.5) is 17.1 Å². The van der Waals surface area contributed by atoms with Gasteiger partial charge in [-0.15, -0.1) is 0 Å². The van der Waals surface area contributed by atoms with Crippen LogP contribution in [0.5, 0.6) is 17.2 Å². The fourth-order valence-electron chi connectivity index (χ4n) is 4.35. The predicted octanol–water partition coefficient (Wildman–Crippen LogP) is 8.93. The molecular weight excluding hydrogens is 735 g/mol. The number of methoxy groups -OCH3 is 3. The van der Waals surface area contributed by atoms with Crippen molar-refractivity contribution < 1.29 is 14.2 Å². The molecule has 6 aromatic rings. The van der Waals surface area contributed by atoms with Gasteiger partial charge in [-0.3, -0.25) is 0 Å². The maximum atomic E-state index is 5.63. The van der Waals surface area contributed by atoms with E-state index in [0.717, 1.165) is 53.9 Å². The summed E-state index contributed by atoms with van der Waals surface area (Å²) < 4.78 is 15.4. The molecule has 0 spiro atoms. The molecule has 0 aromatic heterocycles. The molecule has 0 saturated carbocycles. The van der Waals surface area contributed by atoms with Crippen LogP contribution < -0.4 is 42.9 Å². The van der Waals surface area contributed by atoms with Gasteiger partial charge in [-0.05, 0) is 146 Å². The van der Waals surface area contributed by atoms with E-state index in [4.69, 9.17) is 42.9 Å². The Morgan fingerprint density at radius 3 is 0.815 bits per heavy atom. The number of aliphatic imine (C=N–C) groups is 2. The molecule has 0 radical (unpaired) electrons. The van der Waals surface area contributed by atoms with Crippen LogP contribution in [-0.2, 0) is 0 Å². The smallest absolute Gasteiger partial charge is 0.191 e.